The summed E-state index contributed by atoms with van der Waals surface area (Å²) in [6.45, 7) is 0. The van der Waals surface area contributed by atoms with Crippen LogP contribution in [0.5, 0.6) is 5.75 Å². The van der Waals surface area contributed by atoms with Crippen molar-refractivity contribution in [2.45, 2.75) is 6.04 Å². The van der Waals surface area contributed by atoms with Crippen LogP contribution in [0, 0.1) is 0 Å². The van der Waals surface area contributed by atoms with E-state index in [2.05, 4.69) is 10.8 Å². The van der Waals surface area contributed by atoms with Gasteiger partial charge in [0.05, 0.1) is 13.2 Å². The quantitative estimate of drug-likeness (QED) is 0.662. The van der Waals surface area contributed by atoms with Crippen LogP contribution in [0.25, 0.3) is 0 Å². The highest BCUT2D eigenvalue weighted by atomic mass is 35.5. The average Bonchev–Trinajstić information content (AvgIpc) is 2.85. The SMILES string of the molecule is COc1cc(Cl)ccc1C(NN)c1ccsc1. The first-order valence-corrected chi connectivity index (χ1v) is 6.40. The van der Waals surface area contributed by atoms with Gasteiger partial charge in [-0.3, -0.25) is 5.84 Å². The van der Waals surface area contributed by atoms with Crippen LogP contribution in [-0.4, -0.2) is 7.11 Å². The number of rotatable bonds is 4. The molecule has 2 aromatic rings. The fourth-order valence-corrected chi connectivity index (χ4v) is 2.58. The fraction of sp³-hybridized carbons (Fsp3) is 0.167. The van der Waals surface area contributed by atoms with Crippen LogP contribution in [0.3, 0.4) is 0 Å². The van der Waals surface area contributed by atoms with Gasteiger partial charge in [0.25, 0.3) is 0 Å². The maximum atomic E-state index is 5.94. The molecule has 0 aliphatic rings. The van der Waals surface area contributed by atoms with Crippen LogP contribution in [0.4, 0.5) is 0 Å². The zero-order valence-electron chi connectivity index (χ0n) is 9.31. The van der Waals surface area contributed by atoms with Gasteiger partial charge in [0.1, 0.15) is 5.75 Å². The molecule has 90 valence electrons. The van der Waals surface area contributed by atoms with Crippen molar-refractivity contribution in [3.8, 4) is 5.75 Å². The Morgan fingerprint density at radius 1 is 1.41 bits per heavy atom. The van der Waals surface area contributed by atoms with Crippen LogP contribution in [0.15, 0.2) is 35.0 Å². The zero-order valence-corrected chi connectivity index (χ0v) is 10.9. The molecule has 2 rings (SSSR count). The summed E-state index contributed by atoms with van der Waals surface area (Å²) >= 11 is 7.57. The highest BCUT2D eigenvalue weighted by Gasteiger charge is 2.17. The van der Waals surface area contributed by atoms with Crippen molar-refractivity contribution in [2.75, 3.05) is 7.11 Å². The molecule has 3 nitrogen and oxygen atoms in total. The largest absolute Gasteiger partial charge is 0.496 e. The lowest BCUT2D eigenvalue weighted by atomic mass is 10.0. The number of hydrogen-bond acceptors (Lipinski definition) is 4. The molecule has 5 heteroatoms. The lowest BCUT2D eigenvalue weighted by molar-refractivity contribution is 0.404. The summed E-state index contributed by atoms with van der Waals surface area (Å²) < 4.78 is 5.33. The predicted octanol–water partition coefficient (Wildman–Crippen LogP) is 2.96. The normalized spacial score (nSPS) is 12.4. The summed E-state index contributed by atoms with van der Waals surface area (Å²) in [6.07, 6.45) is 0. The minimum atomic E-state index is -0.0894. The molecule has 0 bridgehead atoms. The van der Waals surface area contributed by atoms with E-state index in [1.807, 2.05) is 23.6 Å². The number of halogens is 1. The second kappa shape index (κ2) is 5.51. The lowest BCUT2D eigenvalue weighted by Crippen LogP contribution is -2.28. The summed E-state index contributed by atoms with van der Waals surface area (Å²) in [7, 11) is 1.62. The maximum absolute atomic E-state index is 5.94. The van der Waals surface area contributed by atoms with E-state index in [1.54, 1.807) is 24.5 Å². The lowest BCUT2D eigenvalue weighted by Gasteiger charge is -2.18. The summed E-state index contributed by atoms with van der Waals surface area (Å²) in [4.78, 5) is 0. The molecule has 1 atom stereocenters. The smallest absolute Gasteiger partial charge is 0.125 e. The predicted molar refractivity (Wildman–Crippen MR) is 71.5 cm³/mol. The van der Waals surface area contributed by atoms with E-state index >= 15 is 0 Å². The second-order valence-corrected chi connectivity index (χ2v) is 4.76. The fourth-order valence-electron chi connectivity index (χ4n) is 1.73. The van der Waals surface area contributed by atoms with E-state index in [9.17, 15) is 0 Å². The minimum Gasteiger partial charge on any atom is -0.496 e. The summed E-state index contributed by atoms with van der Waals surface area (Å²) in [5.74, 6) is 6.35. The number of thiophene rings is 1. The van der Waals surface area contributed by atoms with Gasteiger partial charge in [-0.05, 0) is 34.5 Å². The molecule has 1 aromatic carbocycles. The Kier molecular flexibility index (Phi) is 4.02. The third-order valence-electron chi connectivity index (χ3n) is 2.55. The molecule has 1 unspecified atom stereocenters. The van der Waals surface area contributed by atoms with E-state index in [4.69, 9.17) is 22.2 Å². The Bertz CT molecular complexity index is 487. The third kappa shape index (κ3) is 2.61. The molecule has 0 amide bonds. The van der Waals surface area contributed by atoms with E-state index in [1.165, 1.54) is 0 Å². The van der Waals surface area contributed by atoms with Crippen LogP contribution in [0.2, 0.25) is 5.02 Å². The first-order chi connectivity index (χ1) is 8.26. The number of methoxy groups -OCH3 is 1. The number of benzene rings is 1. The standard InChI is InChI=1S/C12H13ClN2OS/c1-16-11-6-9(13)2-3-10(11)12(15-14)8-4-5-17-7-8/h2-7,12,15H,14H2,1H3. The number of hydrazine groups is 1. The summed E-state index contributed by atoms with van der Waals surface area (Å²) in [5, 5.41) is 4.72. The van der Waals surface area contributed by atoms with E-state index in [0.29, 0.717) is 5.02 Å². The molecule has 1 aromatic heterocycles. The Morgan fingerprint density at radius 3 is 2.82 bits per heavy atom. The Balaban J connectivity index is 2.44. The summed E-state index contributed by atoms with van der Waals surface area (Å²) in [5.41, 5.74) is 4.88. The molecule has 17 heavy (non-hydrogen) atoms. The molecule has 0 aliphatic carbocycles. The first-order valence-electron chi connectivity index (χ1n) is 5.08. The highest BCUT2D eigenvalue weighted by Crippen LogP contribution is 2.32. The van der Waals surface area contributed by atoms with Gasteiger partial charge in [-0.15, -0.1) is 0 Å². The monoisotopic (exact) mass is 268 g/mol. The molecule has 0 spiro atoms. The van der Waals surface area contributed by atoms with Crippen LogP contribution < -0.4 is 16.0 Å². The molecule has 3 N–H and O–H groups in total. The van der Waals surface area contributed by atoms with Crippen LogP contribution in [0.1, 0.15) is 17.2 Å². The second-order valence-electron chi connectivity index (χ2n) is 3.54. The van der Waals surface area contributed by atoms with Crippen molar-refractivity contribution in [1.29, 1.82) is 0 Å². The van der Waals surface area contributed by atoms with Gasteiger partial charge < -0.3 is 4.74 Å². The van der Waals surface area contributed by atoms with Crippen LogP contribution in [-0.2, 0) is 0 Å². The number of hydrogen-bond donors (Lipinski definition) is 2. The minimum absolute atomic E-state index is 0.0894. The van der Waals surface area contributed by atoms with Gasteiger partial charge >= 0.3 is 0 Å². The molecular weight excluding hydrogens is 256 g/mol. The Morgan fingerprint density at radius 2 is 2.24 bits per heavy atom. The van der Waals surface area contributed by atoms with Crippen molar-refractivity contribution < 1.29 is 4.74 Å². The van der Waals surface area contributed by atoms with Crippen molar-refractivity contribution in [1.82, 2.24) is 5.43 Å². The molecule has 0 saturated heterocycles. The first kappa shape index (κ1) is 12.4. The Hall–Kier alpha value is -1.07. The van der Waals surface area contributed by atoms with Crippen LogP contribution >= 0.6 is 22.9 Å². The molecule has 0 radical (unpaired) electrons. The number of nitrogens with one attached hydrogen (secondary N) is 1. The van der Waals surface area contributed by atoms with Crippen molar-refractivity contribution >= 4 is 22.9 Å². The molecule has 0 saturated carbocycles. The van der Waals surface area contributed by atoms with Gasteiger partial charge in [-0.25, -0.2) is 5.43 Å². The molecule has 0 aliphatic heterocycles. The molecule has 0 fully saturated rings. The van der Waals surface area contributed by atoms with Crippen molar-refractivity contribution in [3.63, 3.8) is 0 Å². The van der Waals surface area contributed by atoms with Crippen molar-refractivity contribution in [3.05, 3.63) is 51.2 Å². The number of ether oxygens (including phenoxy) is 1. The van der Waals surface area contributed by atoms with Crippen molar-refractivity contribution in [2.24, 2.45) is 5.84 Å². The van der Waals surface area contributed by atoms with Gasteiger partial charge in [0, 0.05) is 10.6 Å². The maximum Gasteiger partial charge on any atom is 0.125 e. The Labute approximate surface area is 109 Å². The molecular formula is C12H13ClN2OS. The van der Waals surface area contributed by atoms with Gasteiger partial charge in [0.2, 0.25) is 0 Å². The topological polar surface area (TPSA) is 47.3 Å². The highest BCUT2D eigenvalue weighted by molar-refractivity contribution is 7.08. The van der Waals surface area contributed by atoms with Gasteiger partial charge in [-0.1, -0.05) is 17.7 Å². The number of nitrogens with two attached hydrogens (primary N) is 1. The van der Waals surface area contributed by atoms with E-state index in [0.717, 1.165) is 16.9 Å². The van der Waals surface area contributed by atoms with Gasteiger partial charge in [-0.2, -0.15) is 11.3 Å². The summed E-state index contributed by atoms with van der Waals surface area (Å²) in [6, 6.07) is 7.48. The van der Waals surface area contributed by atoms with E-state index in [-0.39, 0.29) is 6.04 Å². The zero-order chi connectivity index (χ0) is 12.3. The van der Waals surface area contributed by atoms with Gasteiger partial charge in [0.15, 0.2) is 0 Å². The molecule has 1 heterocycles. The van der Waals surface area contributed by atoms with E-state index < -0.39 is 0 Å². The third-order valence-corrected chi connectivity index (χ3v) is 3.49. The average molecular weight is 269 g/mol.